The van der Waals surface area contributed by atoms with Crippen LogP contribution in [0.25, 0.3) is 0 Å². The maximum absolute atomic E-state index is 13.0. The van der Waals surface area contributed by atoms with Crippen LogP contribution in [0, 0.1) is 6.92 Å². The molecule has 0 bridgehead atoms. The van der Waals surface area contributed by atoms with Crippen molar-refractivity contribution in [2.45, 2.75) is 25.7 Å². The molecule has 176 valence electrons. The van der Waals surface area contributed by atoms with Gasteiger partial charge in [-0.05, 0) is 44.3 Å². The summed E-state index contributed by atoms with van der Waals surface area (Å²) in [6.45, 7) is 9.01. The predicted octanol–water partition coefficient (Wildman–Crippen LogP) is 2.87. The third-order valence-electron chi connectivity index (χ3n) is 5.19. The smallest absolute Gasteiger partial charge is 0.264 e. The first-order valence-corrected chi connectivity index (χ1v) is 12.0. The van der Waals surface area contributed by atoms with Crippen molar-refractivity contribution < 1.29 is 22.7 Å². The predicted molar refractivity (Wildman–Crippen MR) is 126 cm³/mol. The number of likely N-dealkylation sites (N-methyl/N-ethyl adjacent to an activating group) is 1. The van der Waals surface area contributed by atoms with E-state index in [1.807, 2.05) is 6.92 Å². The fraction of sp³-hybridized carbons (Fsp3) is 0.435. The second-order valence-electron chi connectivity index (χ2n) is 7.30. The lowest BCUT2D eigenvalue weighted by Crippen LogP contribution is -2.35. The number of anilines is 1. The molecule has 1 N–H and O–H groups in total. The van der Waals surface area contributed by atoms with Gasteiger partial charge in [0.15, 0.2) is 6.79 Å². The highest BCUT2D eigenvalue weighted by molar-refractivity contribution is 7.92. The van der Waals surface area contributed by atoms with Crippen molar-refractivity contribution in [3.63, 3.8) is 0 Å². The van der Waals surface area contributed by atoms with E-state index in [0.29, 0.717) is 17.8 Å². The molecule has 0 aromatic heterocycles. The Labute approximate surface area is 191 Å². The van der Waals surface area contributed by atoms with Crippen molar-refractivity contribution in [3.05, 3.63) is 53.6 Å². The summed E-state index contributed by atoms with van der Waals surface area (Å²) < 4.78 is 37.8. The summed E-state index contributed by atoms with van der Waals surface area (Å²) in [5.41, 5.74) is 1.65. The normalized spacial score (nSPS) is 11.4. The van der Waals surface area contributed by atoms with Crippen molar-refractivity contribution >= 4 is 21.6 Å². The Morgan fingerprint density at radius 3 is 2.31 bits per heavy atom. The van der Waals surface area contributed by atoms with Gasteiger partial charge in [0.05, 0.1) is 16.1 Å². The Kier molecular flexibility index (Phi) is 9.49. The third-order valence-corrected chi connectivity index (χ3v) is 6.99. The van der Waals surface area contributed by atoms with Gasteiger partial charge in [0.1, 0.15) is 5.75 Å². The Balaban J connectivity index is 2.26. The lowest BCUT2D eigenvalue weighted by Gasteiger charge is -2.22. The van der Waals surface area contributed by atoms with Crippen LogP contribution in [0.5, 0.6) is 5.75 Å². The molecule has 2 aromatic rings. The van der Waals surface area contributed by atoms with Crippen LogP contribution in [0.4, 0.5) is 5.69 Å². The lowest BCUT2D eigenvalue weighted by molar-refractivity contribution is 0.0501. The maximum Gasteiger partial charge on any atom is 0.264 e. The van der Waals surface area contributed by atoms with Crippen LogP contribution in [0.15, 0.2) is 47.4 Å². The minimum Gasteiger partial charge on any atom is -0.467 e. The van der Waals surface area contributed by atoms with Crippen molar-refractivity contribution in [2.75, 3.05) is 51.4 Å². The van der Waals surface area contributed by atoms with E-state index >= 15 is 0 Å². The summed E-state index contributed by atoms with van der Waals surface area (Å²) in [4.78, 5) is 15.1. The molecule has 32 heavy (non-hydrogen) atoms. The van der Waals surface area contributed by atoms with Gasteiger partial charge in [0, 0.05) is 33.3 Å². The van der Waals surface area contributed by atoms with E-state index < -0.39 is 10.0 Å². The summed E-state index contributed by atoms with van der Waals surface area (Å²) in [5, 5.41) is 2.89. The number of carbonyl (C=O) groups excluding carboxylic acids is 1. The minimum absolute atomic E-state index is 0.0718. The quantitative estimate of drug-likeness (QED) is 0.487. The Morgan fingerprint density at radius 2 is 1.72 bits per heavy atom. The molecular formula is C23H33N3O5S. The average molecular weight is 464 g/mol. The topological polar surface area (TPSA) is 88.2 Å². The molecule has 9 heteroatoms. The summed E-state index contributed by atoms with van der Waals surface area (Å²) in [7, 11) is -0.828. The number of ether oxygens (including phenoxy) is 2. The van der Waals surface area contributed by atoms with Gasteiger partial charge in [-0.1, -0.05) is 31.5 Å². The Hall–Kier alpha value is -2.62. The van der Waals surface area contributed by atoms with Gasteiger partial charge in [-0.3, -0.25) is 9.10 Å². The van der Waals surface area contributed by atoms with Crippen LogP contribution in [0.2, 0.25) is 0 Å². The van der Waals surface area contributed by atoms with Gasteiger partial charge in [-0.25, -0.2) is 8.42 Å². The number of amides is 1. The van der Waals surface area contributed by atoms with Gasteiger partial charge in [-0.2, -0.15) is 0 Å². The first kappa shape index (κ1) is 25.6. The van der Waals surface area contributed by atoms with E-state index in [0.717, 1.165) is 25.2 Å². The summed E-state index contributed by atoms with van der Waals surface area (Å²) in [6, 6.07) is 11.3. The molecule has 0 radical (unpaired) electrons. The number of rotatable bonds is 12. The van der Waals surface area contributed by atoms with Gasteiger partial charge in [0.25, 0.3) is 15.9 Å². The molecule has 8 nitrogen and oxygen atoms in total. The molecule has 0 aliphatic heterocycles. The van der Waals surface area contributed by atoms with E-state index in [-0.39, 0.29) is 23.3 Å². The molecule has 0 aliphatic rings. The number of hydrogen-bond acceptors (Lipinski definition) is 6. The number of sulfonamides is 1. The largest absolute Gasteiger partial charge is 0.467 e. The van der Waals surface area contributed by atoms with E-state index in [1.165, 1.54) is 24.5 Å². The zero-order valence-electron chi connectivity index (χ0n) is 19.4. The van der Waals surface area contributed by atoms with Gasteiger partial charge < -0.3 is 19.7 Å². The van der Waals surface area contributed by atoms with Crippen LogP contribution < -0.4 is 14.4 Å². The molecule has 0 fully saturated rings. The highest BCUT2D eigenvalue weighted by Gasteiger charge is 2.23. The molecule has 0 saturated heterocycles. The molecule has 1 amide bonds. The van der Waals surface area contributed by atoms with Crippen LogP contribution in [0.1, 0.15) is 29.8 Å². The first-order chi connectivity index (χ1) is 15.2. The number of nitrogens with one attached hydrogen (secondary N) is 1. The summed E-state index contributed by atoms with van der Waals surface area (Å²) >= 11 is 0. The second kappa shape index (κ2) is 11.8. The van der Waals surface area contributed by atoms with Gasteiger partial charge in [0.2, 0.25) is 0 Å². The molecule has 0 heterocycles. The average Bonchev–Trinajstić information content (AvgIpc) is 2.80. The molecule has 0 saturated carbocycles. The van der Waals surface area contributed by atoms with E-state index in [2.05, 4.69) is 24.1 Å². The Bertz CT molecular complexity index is 989. The zero-order valence-corrected chi connectivity index (χ0v) is 20.2. The molecule has 0 atom stereocenters. The van der Waals surface area contributed by atoms with Crippen LogP contribution in [-0.4, -0.2) is 66.4 Å². The molecule has 0 spiro atoms. The fourth-order valence-electron chi connectivity index (χ4n) is 3.11. The highest BCUT2D eigenvalue weighted by Crippen LogP contribution is 2.29. The zero-order chi connectivity index (χ0) is 23.7. The molecule has 0 aliphatic carbocycles. The van der Waals surface area contributed by atoms with Crippen LogP contribution in [-0.2, 0) is 14.8 Å². The lowest BCUT2D eigenvalue weighted by atomic mass is 10.1. The third kappa shape index (κ3) is 6.44. The second-order valence-corrected chi connectivity index (χ2v) is 9.27. The number of methoxy groups -OCH3 is 1. The number of hydrogen-bond donors (Lipinski definition) is 1. The van der Waals surface area contributed by atoms with Crippen molar-refractivity contribution in [2.24, 2.45) is 0 Å². The number of nitrogens with zero attached hydrogens (tertiary/aromatic N) is 2. The summed E-state index contributed by atoms with van der Waals surface area (Å²) in [6.07, 6.45) is 0. The number of carbonyl (C=O) groups is 1. The van der Waals surface area contributed by atoms with E-state index in [9.17, 15) is 13.2 Å². The fourth-order valence-corrected chi connectivity index (χ4v) is 4.29. The van der Waals surface area contributed by atoms with Gasteiger partial charge >= 0.3 is 0 Å². The van der Waals surface area contributed by atoms with Crippen molar-refractivity contribution in [1.29, 1.82) is 0 Å². The summed E-state index contributed by atoms with van der Waals surface area (Å²) in [5.74, 6) is -0.0468. The van der Waals surface area contributed by atoms with Crippen molar-refractivity contribution in [1.82, 2.24) is 10.2 Å². The molecular weight excluding hydrogens is 430 g/mol. The van der Waals surface area contributed by atoms with Crippen molar-refractivity contribution in [3.8, 4) is 5.75 Å². The Morgan fingerprint density at radius 1 is 1.06 bits per heavy atom. The molecule has 2 aromatic carbocycles. The molecule has 2 rings (SSSR count). The van der Waals surface area contributed by atoms with Gasteiger partial charge in [-0.15, -0.1) is 0 Å². The van der Waals surface area contributed by atoms with Crippen LogP contribution >= 0.6 is 0 Å². The maximum atomic E-state index is 13.0. The van der Waals surface area contributed by atoms with E-state index in [1.54, 1.807) is 36.4 Å². The minimum atomic E-state index is -3.77. The first-order valence-electron chi connectivity index (χ1n) is 10.6. The van der Waals surface area contributed by atoms with Crippen LogP contribution in [0.3, 0.4) is 0 Å². The SMILES string of the molecule is CCN(CC)CCNC(=O)c1ccc(N(C)S(=O)(=O)c2ccc(C)cc2)cc1OCOC. The highest BCUT2D eigenvalue weighted by atomic mass is 32.2. The van der Waals surface area contributed by atoms with E-state index in [4.69, 9.17) is 9.47 Å². The monoisotopic (exact) mass is 463 g/mol. The standard InChI is InChI=1S/C23H33N3O5S/c1-6-26(7-2)15-14-24-23(27)21-13-10-19(16-22(21)31-17-30-5)25(4)32(28,29)20-11-8-18(3)9-12-20/h8-13,16H,6-7,14-15,17H2,1-5H3,(H,24,27). The number of aryl methyl sites for hydroxylation is 1. The number of benzene rings is 2. The molecule has 0 unspecified atom stereocenters.